The number of unbranched alkanes of at least 4 members (excludes halogenated alkanes) is 22. The van der Waals surface area contributed by atoms with E-state index in [1.807, 2.05) is 12.1 Å². The van der Waals surface area contributed by atoms with Gasteiger partial charge in [0.2, 0.25) is 0 Å². The molecule has 0 aromatic heterocycles. The molecule has 1 rings (SSSR count). The number of nitriles is 1. The molecule has 0 aliphatic rings. The van der Waals surface area contributed by atoms with Crippen molar-refractivity contribution in [1.29, 1.82) is 5.26 Å². The molecule has 0 N–H and O–H groups in total. The summed E-state index contributed by atoms with van der Waals surface area (Å²) in [5, 5.41) is 9.64. The van der Waals surface area contributed by atoms with E-state index < -0.39 is 0 Å². The molecule has 0 aliphatic carbocycles. The molecule has 212 valence electrons. The van der Waals surface area contributed by atoms with Crippen LogP contribution in [-0.2, 0) is 0 Å². The van der Waals surface area contributed by atoms with E-state index in [0.29, 0.717) is 0 Å². The summed E-state index contributed by atoms with van der Waals surface area (Å²) < 4.78 is 0. The Bertz CT molecular complexity index is 619. The molecule has 0 atom stereocenters. The van der Waals surface area contributed by atoms with Crippen LogP contribution < -0.4 is 4.90 Å². The van der Waals surface area contributed by atoms with Crippen molar-refractivity contribution < 1.29 is 0 Å². The first-order chi connectivity index (χ1) is 18.3. The van der Waals surface area contributed by atoms with Crippen molar-refractivity contribution in [3.63, 3.8) is 0 Å². The van der Waals surface area contributed by atoms with Gasteiger partial charge in [-0.1, -0.05) is 167 Å². The van der Waals surface area contributed by atoms with Gasteiger partial charge in [-0.15, -0.1) is 0 Å². The molecular weight excluding hydrogens is 448 g/mol. The first-order valence-corrected chi connectivity index (χ1v) is 16.6. The maximum atomic E-state index is 9.64. The molecule has 0 saturated carbocycles. The molecule has 0 aliphatic heterocycles. The minimum atomic E-state index is 0.834. The van der Waals surface area contributed by atoms with Crippen LogP contribution in [0.15, 0.2) is 24.3 Å². The van der Waals surface area contributed by atoms with Crippen molar-refractivity contribution in [3.05, 3.63) is 29.8 Å². The van der Waals surface area contributed by atoms with Crippen molar-refractivity contribution >= 4 is 5.69 Å². The summed E-state index contributed by atoms with van der Waals surface area (Å²) in [6, 6.07) is 10.6. The molecule has 0 spiro atoms. The molecule has 0 fully saturated rings. The van der Waals surface area contributed by atoms with Gasteiger partial charge in [0.1, 0.15) is 6.07 Å². The summed E-state index contributed by atoms with van der Waals surface area (Å²) in [5.41, 5.74) is 1.98. The summed E-state index contributed by atoms with van der Waals surface area (Å²) >= 11 is 0. The lowest BCUT2D eigenvalue weighted by Gasteiger charge is -2.26. The van der Waals surface area contributed by atoms with Crippen molar-refractivity contribution in [2.45, 2.75) is 168 Å². The maximum absolute atomic E-state index is 9.64. The van der Waals surface area contributed by atoms with Crippen LogP contribution in [0.1, 0.15) is 174 Å². The smallest absolute Gasteiger partial charge is 0.101 e. The summed E-state index contributed by atoms with van der Waals surface area (Å²) in [5.74, 6) is 0. The molecule has 0 saturated heterocycles. The molecule has 0 unspecified atom stereocenters. The first kappa shape index (κ1) is 33.5. The minimum Gasteiger partial charge on any atom is -0.370 e. The van der Waals surface area contributed by atoms with E-state index in [0.717, 1.165) is 24.3 Å². The zero-order chi connectivity index (χ0) is 26.7. The maximum Gasteiger partial charge on any atom is 0.101 e. The van der Waals surface area contributed by atoms with E-state index in [4.69, 9.17) is 0 Å². The van der Waals surface area contributed by atoms with E-state index in [1.165, 1.54) is 154 Å². The van der Waals surface area contributed by atoms with Gasteiger partial charge in [-0.25, -0.2) is 0 Å². The molecular formula is C35H62N2. The largest absolute Gasteiger partial charge is 0.370 e. The second kappa shape index (κ2) is 26.1. The van der Waals surface area contributed by atoms with Gasteiger partial charge in [0.25, 0.3) is 0 Å². The zero-order valence-corrected chi connectivity index (χ0v) is 25.1. The lowest BCUT2D eigenvalue weighted by molar-refractivity contribution is 0.535. The molecule has 37 heavy (non-hydrogen) atoms. The van der Waals surface area contributed by atoms with E-state index in [-0.39, 0.29) is 0 Å². The molecule has 2 heteroatoms. The molecule has 0 bridgehead atoms. The number of anilines is 1. The Morgan fingerprint density at radius 1 is 0.486 bits per heavy atom. The van der Waals surface area contributed by atoms with E-state index in [1.54, 1.807) is 0 Å². The Kier molecular flexibility index (Phi) is 23.7. The van der Waals surface area contributed by atoms with E-state index >= 15 is 0 Å². The molecule has 2 nitrogen and oxygen atoms in total. The molecule has 0 heterocycles. The van der Waals surface area contributed by atoms with Crippen molar-refractivity contribution in [3.8, 4) is 6.07 Å². The van der Waals surface area contributed by atoms with Crippen LogP contribution in [0.4, 0.5) is 5.69 Å². The van der Waals surface area contributed by atoms with Crippen LogP contribution in [0.2, 0.25) is 0 Å². The van der Waals surface area contributed by atoms with Gasteiger partial charge in [0, 0.05) is 13.1 Å². The van der Waals surface area contributed by atoms with Crippen LogP contribution in [0.5, 0.6) is 0 Å². The first-order valence-electron chi connectivity index (χ1n) is 16.6. The number of benzene rings is 1. The quantitative estimate of drug-likeness (QED) is 0.110. The third-order valence-corrected chi connectivity index (χ3v) is 7.93. The average molecular weight is 511 g/mol. The minimum absolute atomic E-state index is 0.834. The second-order valence-electron chi connectivity index (χ2n) is 11.4. The lowest BCUT2D eigenvalue weighted by Crippen LogP contribution is -2.26. The summed E-state index contributed by atoms with van der Waals surface area (Å²) in [6.45, 7) is 6.77. The highest BCUT2D eigenvalue weighted by atomic mass is 15.1. The highest BCUT2D eigenvalue weighted by Gasteiger charge is 2.10. The monoisotopic (exact) mass is 510 g/mol. The number of hydrogen-bond donors (Lipinski definition) is 0. The fourth-order valence-corrected chi connectivity index (χ4v) is 5.48. The number of nitrogens with zero attached hydrogens (tertiary/aromatic N) is 2. The van der Waals surface area contributed by atoms with Crippen LogP contribution in [-0.4, -0.2) is 13.1 Å². The molecule has 0 amide bonds. The Balaban J connectivity index is 2.19. The fourth-order valence-electron chi connectivity index (χ4n) is 5.48. The Morgan fingerprint density at radius 2 is 0.811 bits per heavy atom. The van der Waals surface area contributed by atoms with Crippen LogP contribution >= 0.6 is 0 Å². The summed E-state index contributed by atoms with van der Waals surface area (Å²) in [6.07, 6.45) is 33.3. The molecule has 0 radical (unpaired) electrons. The van der Waals surface area contributed by atoms with Gasteiger partial charge in [0.15, 0.2) is 0 Å². The highest BCUT2D eigenvalue weighted by molar-refractivity contribution is 5.59. The van der Waals surface area contributed by atoms with Gasteiger partial charge in [-0.3, -0.25) is 0 Å². The summed E-state index contributed by atoms with van der Waals surface area (Å²) in [4.78, 5) is 2.51. The van der Waals surface area contributed by atoms with Gasteiger partial charge in [0.05, 0.1) is 11.3 Å². The Morgan fingerprint density at radius 3 is 1.16 bits per heavy atom. The van der Waals surface area contributed by atoms with Gasteiger partial charge >= 0.3 is 0 Å². The predicted molar refractivity (Wildman–Crippen MR) is 166 cm³/mol. The lowest BCUT2D eigenvalue weighted by atomic mass is 10.0. The van der Waals surface area contributed by atoms with Gasteiger partial charge < -0.3 is 4.90 Å². The second-order valence-corrected chi connectivity index (χ2v) is 11.4. The van der Waals surface area contributed by atoms with Crippen LogP contribution in [0.25, 0.3) is 0 Å². The Hall–Kier alpha value is -1.49. The van der Waals surface area contributed by atoms with E-state index in [2.05, 4.69) is 36.9 Å². The highest BCUT2D eigenvalue weighted by Crippen LogP contribution is 2.22. The third-order valence-electron chi connectivity index (χ3n) is 7.93. The fraction of sp³-hybridized carbons (Fsp3) is 0.800. The molecule has 1 aromatic rings. The zero-order valence-electron chi connectivity index (χ0n) is 25.1. The van der Waals surface area contributed by atoms with Crippen LogP contribution in [0, 0.1) is 11.3 Å². The number of para-hydroxylation sites is 1. The molecule has 1 aromatic carbocycles. The van der Waals surface area contributed by atoms with E-state index in [9.17, 15) is 5.26 Å². The Labute approximate surface area is 232 Å². The number of hydrogen-bond acceptors (Lipinski definition) is 2. The van der Waals surface area contributed by atoms with Gasteiger partial charge in [-0.2, -0.15) is 5.26 Å². The van der Waals surface area contributed by atoms with Crippen molar-refractivity contribution in [2.75, 3.05) is 18.0 Å². The van der Waals surface area contributed by atoms with Gasteiger partial charge in [-0.05, 0) is 25.0 Å². The average Bonchev–Trinajstić information content (AvgIpc) is 2.93. The standard InChI is InChI=1S/C35H62N2/c1-3-5-7-9-11-13-15-17-19-21-23-27-31-37(35-30-26-25-29-34(35)33-36)32-28-24-22-20-18-16-14-12-10-8-6-4-2/h25-26,29-30H,3-24,27-28,31-32H2,1-2H3. The SMILES string of the molecule is CCCCCCCCCCCCCCN(CCCCCCCCCCCCCC)c1ccccc1C#N. The van der Waals surface area contributed by atoms with Crippen molar-refractivity contribution in [2.24, 2.45) is 0 Å². The normalized spacial score (nSPS) is 11.1. The number of rotatable bonds is 27. The predicted octanol–water partition coefficient (Wildman–Crippen LogP) is 11.8. The van der Waals surface area contributed by atoms with Crippen molar-refractivity contribution in [1.82, 2.24) is 0 Å². The summed E-state index contributed by atoms with van der Waals surface area (Å²) in [7, 11) is 0. The third kappa shape index (κ3) is 19.3. The van der Waals surface area contributed by atoms with Crippen LogP contribution in [0.3, 0.4) is 0 Å². The topological polar surface area (TPSA) is 27.0 Å².